The smallest absolute Gasteiger partial charge is 0.202 e. The summed E-state index contributed by atoms with van der Waals surface area (Å²) in [5.74, 6) is -0.528. The second-order valence-electron chi connectivity index (χ2n) is 5.43. The molecule has 4 nitrogen and oxygen atoms in total. The van der Waals surface area contributed by atoms with Crippen molar-refractivity contribution in [1.82, 2.24) is 4.57 Å². The molecular formula is C18H22FNO3. The number of methoxy groups -OCH3 is 1. The number of para-hydroxylation sites is 1. The van der Waals surface area contributed by atoms with E-state index in [9.17, 15) is 9.18 Å². The van der Waals surface area contributed by atoms with Crippen molar-refractivity contribution in [3.63, 3.8) is 0 Å². The van der Waals surface area contributed by atoms with Crippen molar-refractivity contribution >= 4 is 5.78 Å². The zero-order chi connectivity index (χ0) is 16.8. The quantitative estimate of drug-likeness (QED) is 0.552. The van der Waals surface area contributed by atoms with Crippen molar-refractivity contribution in [2.45, 2.75) is 26.8 Å². The van der Waals surface area contributed by atoms with E-state index in [0.29, 0.717) is 12.2 Å². The first kappa shape index (κ1) is 17.2. The molecule has 0 spiro atoms. The standard InChI is InChI=1S/C18H22FNO3/c1-13-11-15(14(2)20(13)9-6-10-22-3)17(21)12-23-18-8-5-4-7-16(18)19/h4-5,7-8,11H,6,9-10,12H2,1-3H3. The van der Waals surface area contributed by atoms with Crippen molar-refractivity contribution < 1.29 is 18.7 Å². The highest BCUT2D eigenvalue weighted by Gasteiger charge is 2.16. The van der Waals surface area contributed by atoms with Gasteiger partial charge in [0.2, 0.25) is 5.78 Å². The monoisotopic (exact) mass is 319 g/mol. The summed E-state index contributed by atoms with van der Waals surface area (Å²) >= 11 is 0. The Hall–Kier alpha value is -2.14. The van der Waals surface area contributed by atoms with E-state index in [0.717, 1.165) is 24.4 Å². The van der Waals surface area contributed by atoms with E-state index < -0.39 is 5.82 Å². The predicted octanol–water partition coefficient (Wildman–Crippen LogP) is 3.54. The Morgan fingerprint density at radius 1 is 1.26 bits per heavy atom. The molecule has 0 saturated carbocycles. The van der Waals surface area contributed by atoms with Gasteiger partial charge in [-0.15, -0.1) is 0 Å². The third kappa shape index (κ3) is 4.20. The maximum Gasteiger partial charge on any atom is 0.202 e. The Kier molecular flexibility index (Phi) is 5.93. The highest BCUT2D eigenvalue weighted by Crippen LogP contribution is 2.19. The third-order valence-corrected chi connectivity index (χ3v) is 3.80. The van der Waals surface area contributed by atoms with Gasteiger partial charge < -0.3 is 14.0 Å². The van der Waals surface area contributed by atoms with Gasteiger partial charge in [-0.1, -0.05) is 12.1 Å². The number of hydrogen-bond acceptors (Lipinski definition) is 3. The SMILES string of the molecule is COCCCn1c(C)cc(C(=O)COc2ccccc2F)c1C. The van der Waals surface area contributed by atoms with Crippen LogP contribution in [0.2, 0.25) is 0 Å². The summed E-state index contributed by atoms with van der Waals surface area (Å²) < 4.78 is 26.0. The fraction of sp³-hybridized carbons (Fsp3) is 0.389. The highest BCUT2D eigenvalue weighted by atomic mass is 19.1. The maximum atomic E-state index is 13.5. The molecule has 0 aliphatic heterocycles. The molecule has 2 rings (SSSR count). The van der Waals surface area contributed by atoms with Crippen LogP contribution >= 0.6 is 0 Å². The van der Waals surface area contributed by atoms with Gasteiger partial charge in [0.05, 0.1) is 0 Å². The second-order valence-corrected chi connectivity index (χ2v) is 5.43. The minimum absolute atomic E-state index is 0.0924. The van der Waals surface area contributed by atoms with Crippen LogP contribution in [0.15, 0.2) is 30.3 Å². The van der Waals surface area contributed by atoms with Crippen LogP contribution in [-0.2, 0) is 11.3 Å². The van der Waals surface area contributed by atoms with Crippen molar-refractivity contribution in [2.24, 2.45) is 0 Å². The largest absolute Gasteiger partial charge is 0.482 e. The Morgan fingerprint density at radius 3 is 2.70 bits per heavy atom. The molecule has 0 N–H and O–H groups in total. The lowest BCUT2D eigenvalue weighted by atomic mass is 10.1. The Morgan fingerprint density at radius 2 is 2.00 bits per heavy atom. The van der Waals surface area contributed by atoms with E-state index in [4.69, 9.17) is 9.47 Å². The van der Waals surface area contributed by atoms with Crippen LogP contribution < -0.4 is 4.74 Å². The van der Waals surface area contributed by atoms with Gasteiger partial charge >= 0.3 is 0 Å². The third-order valence-electron chi connectivity index (χ3n) is 3.80. The van der Waals surface area contributed by atoms with Crippen LogP contribution in [0, 0.1) is 19.7 Å². The molecule has 0 fully saturated rings. The van der Waals surface area contributed by atoms with Crippen LogP contribution in [0.5, 0.6) is 5.75 Å². The predicted molar refractivity (Wildman–Crippen MR) is 86.6 cm³/mol. The van der Waals surface area contributed by atoms with Crippen molar-refractivity contribution in [1.29, 1.82) is 0 Å². The summed E-state index contributed by atoms with van der Waals surface area (Å²) in [5, 5.41) is 0. The lowest BCUT2D eigenvalue weighted by Gasteiger charge is -2.10. The number of aromatic nitrogens is 1. The molecule has 1 heterocycles. The van der Waals surface area contributed by atoms with E-state index in [-0.39, 0.29) is 18.1 Å². The van der Waals surface area contributed by atoms with Gasteiger partial charge in [0, 0.05) is 37.2 Å². The van der Waals surface area contributed by atoms with E-state index in [1.165, 1.54) is 12.1 Å². The molecule has 0 aliphatic rings. The Labute approximate surface area is 135 Å². The fourth-order valence-electron chi connectivity index (χ4n) is 2.58. The number of ether oxygens (including phenoxy) is 2. The number of aryl methyl sites for hydroxylation is 1. The number of nitrogens with zero attached hydrogens (tertiary/aromatic N) is 1. The highest BCUT2D eigenvalue weighted by molar-refractivity contribution is 5.98. The number of rotatable bonds is 8. The van der Waals surface area contributed by atoms with Crippen LogP contribution in [0.3, 0.4) is 0 Å². The van der Waals surface area contributed by atoms with Crippen LogP contribution in [0.4, 0.5) is 4.39 Å². The van der Waals surface area contributed by atoms with Crippen molar-refractivity contribution in [3.05, 3.63) is 53.1 Å². The molecule has 1 aromatic heterocycles. The van der Waals surface area contributed by atoms with Gasteiger partial charge in [0.15, 0.2) is 18.2 Å². The summed E-state index contributed by atoms with van der Waals surface area (Å²) in [7, 11) is 1.67. The summed E-state index contributed by atoms with van der Waals surface area (Å²) in [4.78, 5) is 12.4. The lowest BCUT2D eigenvalue weighted by molar-refractivity contribution is 0.0918. The number of carbonyl (C=O) groups is 1. The lowest BCUT2D eigenvalue weighted by Crippen LogP contribution is -2.13. The van der Waals surface area contributed by atoms with Crippen LogP contribution in [-0.4, -0.2) is 30.7 Å². The number of benzene rings is 1. The average Bonchev–Trinajstić information content (AvgIpc) is 2.82. The first-order chi connectivity index (χ1) is 11.0. The molecule has 23 heavy (non-hydrogen) atoms. The number of hydrogen-bond donors (Lipinski definition) is 0. The van der Waals surface area contributed by atoms with E-state index in [2.05, 4.69) is 4.57 Å². The minimum Gasteiger partial charge on any atom is -0.482 e. The van der Waals surface area contributed by atoms with E-state index >= 15 is 0 Å². The number of ketones is 1. The summed E-state index contributed by atoms with van der Waals surface area (Å²) in [6.07, 6.45) is 0.881. The minimum atomic E-state index is -0.467. The molecule has 0 aliphatic carbocycles. The zero-order valence-electron chi connectivity index (χ0n) is 13.8. The van der Waals surface area contributed by atoms with Gasteiger partial charge in [-0.05, 0) is 38.5 Å². The summed E-state index contributed by atoms with van der Waals surface area (Å²) in [5.41, 5.74) is 2.55. The molecule has 124 valence electrons. The molecule has 2 aromatic rings. The van der Waals surface area contributed by atoms with Gasteiger partial charge in [-0.2, -0.15) is 0 Å². The van der Waals surface area contributed by atoms with Crippen molar-refractivity contribution in [2.75, 3.05) is 20.3 Å². The summed E-state index contributed by atoms with van der Waals surface area (Å²) in [6, 6.07) is 7.93. The summed E-state index contributed by atoms with van der Waals surface area (Å²) in [6.45, 7) is 5.18. The molecule has 5 heteroatoms. The van der Waals surface area contributed by atoms with E-state index in [1.54, 1.807) is 19.2 Å². The van der Waals surface area contributed by atoms with E-state index in [1.807, 2.05) is 19.9 Å². The first-order valence-corrected chi connectivity index (χ1v) is 7.60. The first-order valence-electron chi connectivity index (χ1n) is 7.60. The molecule has 0 radical (unpaired) electrons. The maximum absolute atomic E-state index is 13.5. The second kappa shape index (κ2) is 7.92. The van der Waals surface area contributed by atoms with Gasteiger partial charge in [0.25, 0.3) is 0 Å². The molecule has 1 aromatic carbocycles. The molecular weight excluding hydrogens is 297 g/mol. The van der Waals surface area contributed by atoms with Crippen molar-refractivity contribution in [3.8, 4) is 5.75 Å². The van der Waals surface area contributed by atoms with Crippen LogP contribution in [0.25, 0.3) is 0 Å². The average molecular weight is 319 g/mol. The normalized spacial score (nSPS) is 10.8. The number of carbonyl (C=O) groups excluding carboxylic acids is 1. The topological polar surface area (TPSA) is 40.5 Å². The molecule has 0 atom stereocenters. The van der Waals surface area contributed by atoms with Crippen LogP contribution in [0.1, 0.15) is 28.2 Å². The van der Waals surface area contributed by atoms with Gasteiger partial charge in [0.1, 0.15) is 0 Å². The number of halogens is 1. The Bertz CT molecular complexity index is 679. The number of Topliss-reactive ketones (excluding diaryl/α,β-unsaturated/α-hetero) is 1. The molecule has 0 bridgehead atoms. The molecule has 0 saturated heterocycles. The van der Waals surface area contributed by atoms with Gasteiger partial charge in [-0.25, -0.2) is 4.39 Å². The molecule has 0 amide bonds. The fourth-order valence-corrected chi connectivity index (χ4v) is 2.58. The molecule has 0 unspecified atom stereocenters. The van der Waals surface area contributed by atoms with Gasteiger partial charge in [-0.3, -0.25) is 4.79 Å². The zero-order valence-corrected chi connectivity index (χ0v) is 13.8. The Balaban J connectivity index is 2.05.